The molecule has 1 aliphatic carbocycles. The molecule has 0 saturated heterocycles. The Hall–Kier alpha value is -1.46. The number of hydrogen-bond acceptors (Lipinski definition) is 5. The van der Waals surface area contributed by atoms with Gasteiger partial charge in [-0.3, -0.25) is 4.98 Å². The van der Waals surface area contributed by atoms with E-state index in [1.165, 1.54) is 25.7 Å². The van der Waals surface area contributed by atoms with Crippen molar-refractivity contribution in [1.82, 2.24) is 15.1 Å². The average Bonchev–Trinajstić information content (AvgIpc) is 3.10. The van der Waals surface area contributed by atoms with Crippen molar-refractivity contribution < 1.29 is 4.52 Å². The van der Waals surface area contributed by atoms with Crippen LogP contribution in [0.2, 0.25) is 0 Å². The predicted molar refractivity (Wildman–Crippen MR) is 78.6 cm³/mol. The molecule has 0 amide bonds. The van der Waals surface area contributed by atoms with Crippen molar-refractivity contribution >= 4 is 12.4 Å². The van der Waals surface area contributed by atoms with Crippen LogP contribution in [0.3, 0.4) is 0 Å². The zero-order chi connectivity index (χ0) is 13.2. The molecule has 2 heterocycles. The summed E-state index contributed by atoms with van der Waals surface area (Å²) in [6, 6.07) is 3.75. The molecule has 0 bridgehead atoms. The summed E-state index contributed by atoms with van der Waals surface area (Å²) in [5.74, 6) is 1.64. The van der Waals surface area contributed by atoms with Gasteiger partial charge in [0.1, 0.15) is 0 Å². The van der Waals surface area contributed by atoms with Gasteiger partial charge < -0.3 is 10.3 Å². The van der Waals surface area contributed by atoms with Crippen molar-refractivity contribution in [3.63, 3.8) is 0 Å². The summed E-state index contributed by atoms with van der Waals surface area (Å²) < 4.78 is 5.14. The molecule has 108 valence electrons. The normalized spacial score (nSPS) is 16.9. The van der Waals surface area contributed by atoms with Crippen LogP contribution in [0.4, 0.5) is 0 Å². The van der Waals surface area contributed by atoms with E-state index in [9.17, 15) is 0 Å². The van der Waals surface area contributed by atoms with E-state index in [-0.39, 0.29) is 18.4 Å². The second-order valence-corrected chi connectivity index (χ2v) is 5.20. The molecule has 20 heavy (non-hydrogen) atoms. The van der Waals surface area contributed by atoms with Crippen LogP contribution in [0.1, 0.15) is 56.2 Å². The van der Waals surface area contributed by atoms with Crippen molar-refractivity contribution in [3.8, 4) is 11.4 Å². The van der Waals surface area contributed by atoms with Crippen molar-refractivity contribution in [2.45, 2.75) is 44.6 Å². The van der Waals surface area contributed by atoms with Crippen molar-refractivity contribution in [2.24, 2.45) is 5.73 Å². The van der Waals surface area contributed by atoms with Gasteiger partial charge in [0.2, 0.25) is 11.7 Å². The number of rotatable bonds is 3. The number of nitrogens with two attached hydrogens (primary N) is 1. The van der Waals surface area contributed by atoms with Crippen LogP contribution in [0.15, 0.2) is 22.9 Å². The molecule has 1 fully saturated rings. The van der Waals surface area contributed by atoms with Crippen LogP contribution in [-0.4, -0.2) is 15.1 Å². The molecule has 1 aliphatic rings. The fourth-order valence-corrected chi connectivity index (χ4v) is 2.57. The summed E-state index contributed by atoms with van der Waals surface area (Å²) in [5, 5.41) is 3.98. The summed E-state index contributed by atoms with van der Waals surface area (Å²) in [7, 11) is 0. The van der Waals surface area contributed by atoms with Gasteiger partial charge in [-0.25, -0.2) is 0 Å². The average molecular weight is 295 g/mol. The Morgan fingerprint density at radius 2 is 2.10 bits per heavy atom. The molecule has 0 aromatic carbocycles. The number of hydrogen-bond donors (Lipinski definition) is 1. The standard InChI is InChI=1S/C14H18N4O.ClH/c1-9(15)14-17-13(18-19-14)11-6-7-16-12(8-11)10-4-2-3-5-10;/h6-10H,2-5,15H2,1H3;1H. The molecule has 5 nitrogen and oxygen atoms in total. The van der Waals surface area contributed by atoms with Crippen molar-refractivity contribution in [3.05, 3.63) is 29.9 Å². The summed E-state index contributed by atoms with van der Waals surface area (Å²) in [6.45, 7) is 1.83. The Labute approximate surface area is 124 Å². The van der Waals surface area contributed by atoms with Gasteiger partial charge in [0.25, 0.3) is 0 Å². The molecule has 0 radical (unpaired) electrons. The first kappa shape index (κ1) is 14.9. The Balaban J connectivity index is 0.00000147. The highest BCUT2D eigenvalue weighted by Gasteiger charge is 2.19. The minimum absolute atomic E-state index is 0. The highest BCUT2D eigenvalue weighted by Crippen LogP contribution is 2.34. The minimum atomic E-state index is -0.239. The summed E-state index contributed by atoms with van der Waals surface area (Å²) in [6.07, 6.45) is 6.88. The molecule has 3 rings (SSSR count). The largest absolute Gasteiger partial charge is 0.337 e. The van der Waals surface area contributed by atoms with Gasteiger partial charge in [-0.15, -0.1) is 12.4 Å². The van der Waals surface area contributed by atoms with Gasteiger partial charge in [0.05, 0.1) is 6.04 Å². The summed E-state index contributed by atoms with van der Waals surface area (Å²) in [5.41, 5.74) is 7.82. The summed E-state index contributed by atoms with van der Waals surface area (Å²) in [4.78, 5) is 8.80. The van der Waals surface area contributed by atoms with Crippen LogP contribution < -0.4 is 5.73 Å². The van der Waals surface area contributed by atoms with E-state index in [0.717, 1.165) is 11.3 Å². The van der Waals surface area contributed by atoms with Gasteiger partial charge in [-0.2, -0.15) is 4.98 Å². The number of halogens is 1. The first-order valence-electron chi connectivity index (χ1n) is 6.79. The highest BCUT2D eigenvalue weighted by molar-refractivity contribution is 5.85. The van der Waals surface area contributed by atoms with Gasteiger partial charge in [0, 0.05) is 23.4 Å². The van der Waals surface area contributed by atoms with Crippen LogP contribution >= 0.6 is 12.4 Å². The third-order valence-electron chi connectivity index (χ3n) is 3.64. The summed E-state index contributed by atoms with van der Waals surface area (Å²) >= 11 is 0. The van der Waals surface area contributed by atoms with Crippen LogP contribution in [0.25, 0.3) is 11.4 Å². The topological polar surface area (TPSA) is 77.8 Å². The molecule has 2 aromatic rings. The van der Waals surface area contributed by atoms with Crippen LogP contribution in [-0.2, 0) is 0 Å². The molecular formula is C14H19ClN4O. The maximum absolute atomic E-state index is 5.73. The molecule has 0 spiro atoms. The third kappa shape index (κ3) is 2.99. The molecule has 2 aromatic heterocycles. The lowest BCUT2D eigenvalue weighted by molar-refractivity contribution is 0.362. The maximum atomic E-state index is 5.73. The van der Waals surface area contributed by atoms with Gasteiger partial charge in [-0.1, -0.05) is 18.0 Å². The van der Waals surface area contributed by atoms with E-state index >= 15 is 0 Å². The van der Waals surface area contributed by atoms with Gasteiger partial charge >= 0.3 is 0 Å². The second-order valence-electron chi connectivity index (χ2n) is 5.20. The molecule has 6 heteroatoms. The fourth-order valence-electron chi connectivity index (χ4n) is 2.57. The lowest BCUT2D eigenvalue weighted by atomic mass is 10.0. The first-order chi connectivity index (χ1) is 9.24. The van der Waals surface area contributed by atoms with Crippen molar-refractivity contribution in [2.75, 3.05) is 0 Å². The number of nitrogens with zero attached hydrogens (tertiary/aromatic N) is 3. The van der Waals surface area contributed by atoms with Crippen molar-refractivity contribution in [1.29, 1.82) is 0 Å². The van der Waals surface area contributed by atoms with E-state index in [2.05, 4.69) is 21.2 Å². The van der Waals surface area contributed by atoms with Crippen LogP contribution in [0, 0.1) is 0 Å². The van der Waals surface area contributed by atoms with Gasteiger partial charge in [0.15, 0.2) is 0 Å². The molecule has 2 N–H and O–H groups in total. The predicted octanol–water partition coefficient (Wildman–Crippen LogP) is 3.23. The Morgan fingerprint density at radius 1 is 1.35 bits per heavy atom. The molecule has 0 aliphatic heterocycles. The van der Waals surface area contributed by atoms with Crippen LogP contribution in [0.5, 0.6) is 0 Å². The Bertz CT molecular complexity index is 564. The molecule has 1 unspecified atom stereocenters. The van der Waals surface area contributed by atoms with Gasteiger partial charge in [-0.05, 0) is 31.9 Å². The van der Waals surface area contributed by atoms with E-state index in [0.29, 0.717) is 17.6 Å². The third-order valence-corrected chi connectivity index (χ3v) is 3.64. The number of aromatic nitrogens is 3. The van der Waals surface area contributed by atoms with E-state index in [1.54, 1.807) is 0 Å². The van der Waals surface area contributed by atoms with E-state index < -0.39 is 0 Å². The lowest BCUT2D eigenvalue weighted by Crippen LogP contribution is -2.04. The molecular weight excluding hydrogens is 276 g/mol. The zero-order valence-corrected chi connectivity index (χ0v) is 12.3. The second kappa shape index (κ2) is 6.33. The Morgan fingerprint density at radius 3 is 2.75 bits per heavy atom. The smallest absolute Gasteiger partial charge is 0.243 e. The van der Waals surface area contributed by atoms with E-state index in [1.807, 2.05) is 19.2 Å². The quantitative estimate of drug-likeness (QED) is 0.940. The SMILES string of the molecule is CC(N)c1nc(-c2ccnc(C3CCCC3)c2)no1.Cl. The fraction of sp³-hybridized carbons (Fsp3) is 0.500. The minimum Gasteiger partial charge on any atom is -0.337 e. The lowest BCUT2D eigenvalue weighted by Gasteiger charge is -2.08. The highest BCUT2D eigenvalue weighted by atomic mass is 35.5. The maximum Gasteiger partial charge on any atom is 0.243 e. The monoisotopic (exact) mass is 294 g/mol. The molecule has 1 saturated carbocycles. The Kier molecular flexibility index (Phi) is 4.73. The molecule has 1 atom stereocenters. The number of pyridine rings is 1. The zero-order valence-electron chi connectivity index (χ0n) is 11.5. The first-order valence-corrected chi connectivity index (χ1v) is 6.79. The van der Waals surface area contributed by atoms with E-state index in [4.69, 9.17) is 10.3 Å².